The molecule has 0 nitrogen and oxygen atoms in total. The van der Waals surface area contributed by atoms with Gasteiger partial charge >= 0.3 is 192 Å². The van der Waals surface area contributed by atoms with Gasteiger partial charge in [0.15, 0.2) is 0 Å². The Morgan fingerprint density at radius 3 is 1.82 bits per heavy atom. The minimum absolute atomic E-state index is 0.185. The van der Waals surface area contributed by atoms with Crippen LogP contribution >= 0.6 is 16.5 Å². The zero-order valence-electron chi connectivity index (χ0n) is 20.2. The number of hydrogen-bond acceptors (Lipinski definition) is 0. The Morgan fingerprint density at radius 2 is 1.39 bits per heavy atom. The molecule has 8 unspecified atom stereocenters. The zero-order valence-corrected chi connectivity index (χ0v) is 23.2. The second kappa shape index (κ2) is 2.79. The van der Waals surface area contributed by atoms with E-state index in [0.717, 1.165) is 34.4 Å². The van der Waals surface area contributed by atoms with E-state index in [9.17, 15) is 4.39 Å². The Balaban J connectivity index is 1.09. The molecule has 12 fully saturated rings. The summed E-state index contributed by atoms with van der Waals surface area (Å²) in [4.78, 5) is 10.7. The quantitative estimate of drug-likeness (QED) is 0.204. The van der Waals surface area contributed by atoms with Gasteiger partial charge in [-0.15, -0.1) is 0 Å². The van der Waals surface area contributed by atoms with Crippen molar-refractivity contribution < 1.29 is 15.3 Å². The molecule has 0 bridgehead atoms. The fourth-order valence-electron chi connectivity index (χ4n) is 22.1. The van der Waals surface area contributed by atoms with Gasteiger partial charge in [0, 0.05) is 0 Å². The summed E-state index contributed by atoms with van der Waals surface area (Å²) >= 11 is 0. The third-order valence-corrected chi connectivity index (χ3v) is 78.6. The molecule has 10 heterocycles. The molecule has 5 heteroatoms. The van der Waals surface area contributed by atoms with Crippen molar-refractivity contribution in [2.75, 3.05) is 6.67 Å². The van der Waals surface area contributed by atoms with Crippen LogP contribution in [0.1, 0.15) is 84.0 Å². The first-order valence-corrected chi connectivity index (χ1v) is 23.7. The first kappa shape index (κ1) is 18.5. The SMILES string of the molecule is CCC(P[C]12[CH]3[CH]4[CH]5[C]1(P(C1CCCCC1)C1CCCCC1)[Fe]43521678[CH]2[CH]1[CH]6[CH]7[CH]28)C(F)CCF. The monoisotopic (exact) mass is 534 g/mol. The second-order valence-corrected chi connectivity index (χ2v) is 45.7. The van der Waals surface area contributed by atoms with E-state index in [1.54, 1.807) is 25.7 Å². The number of halogens is 2. The first-order chi connectivity index (χ1) is 15.9. The third kappa shape index (κ3) is 0.438. The Bertz CT molecular complexity index is 1320. The normalized spacial score (nSPS) is 78.8. The number of rotatable bonds is 9. The fourth-order valence-corrected chi connectivity index (χ4v) is 128. The Morgan fingerprint density at radius 1 is 0.848 bits per heavy atom. The molecule has 1 spiro atoms. The molecule has 0 aromatic rings. The average Bonchev–Trinajstić information content (AvgIpc) is 3.80. The van der Waals surface area contributed by atoms with Crippen LogP contribution in [0.4, 0.5) is 8.78 Å². The molecule has 10 aliphatic heterocycles. The molecular weight excluding hydrogens is 492 g/mol. The molecule has 12 aliphatic rings. The number of alkyl halides is 2. The van der Waals surface area contributed by atoms with Crippen LogP contribution in [0.2, 0.25) is 38.5 Å². The van der Waals surface area contributed by atoms with Crippen molar-refractivity contribution in [1.82, 2.24) is 0 Å². The Kier molecular flexibility index (Phi) is 1.56. The van der Waals surface area contributed by atoms with E-state index in [2.05, 4.69) is 6.92 Å². The van der Waals surface area contributed by atoms with E-state index in [0.29, 0.717) is 0 Å². The van der Waals surface area contributed by atoms with Crippen LogP contribution in [-0.4, -0.2) is 37.9 Å². The van der Waals surface area contributed by atoms with Crippen LogP contribution in [0.5, 0.6) is 0 Å². The summed E-state index contributed by atoms with van der Waals surface area (Å²) in [5, 5.41) is 0. The van der Waals surface area contributed by atoms with Crippen molar-refractivity contribution in [2.24, 2.45) is 0 Å². The molecule has 0 aromatic heterocycles. The van der Waals surface area contributed by atoms with Gasteiger partial charge in [-0.05, 0) is 0 Å². The summed E-state index contributed by atoms with van der Waals surface area (Å²) in [7, 11) is 1.14. The van der Waals surface area contributed by atoms with E-state index < -0.39 is 19.4 Å². The molecule has 0 aromatic carbocycles. The van der Waals surface area contributed by atoms with E-state index in [4.69, 9.17) is 0 Å². The molecule has 0 N–H and O–H groups in total. The summed E-state index contributed by atoms with van der Waals surface area (Å²) in [6.45, 7) is -1.73. The summed E-state index contributed by atoms with van der Waals surface area (Å²) in [6.07, 6.45) is 15.8. The molecule has 12 rings (SSSR count). The molecule has 2 saturated carbocycles. The van der Waals surface area contributed by atoms with Crippen molar-refractivity contribution in [3.63, 3.8) is 0 Å². The van der Waals surface area contributed by atoms with Crippen LogP contribution in [0.25, 0.3) is 0 Å². The maximum absolute atomic E-state index is 15.4. The van der Waals surface area contributed by atoms with Crippen molar-refractivity contribution >= 4 is 16.5 Å². The minimum atomic E-state index is -3.55. The standard InChI is InChI=1S/C23H37F2P2.C5H5.Fe/c1-2-21(20(25)16-17-24)26-22-14-9-15-23(22)27(18-10-5-3-6-11-18)19-12-7-4-8-13-19;1-2-4-5-3-1;/h9,14-15,18-21,26H,2-8,10-13,16-17H2,1H3;1-5H;. The molecule has 0 amide bonds. The fraction of sp³-hybridized carbons (Fsp3) is 1.00. The molecule has 8 atom stereocenters. The van der Waals surface area contributed by atoms with Crippen molar-refractivity contribution in [1.29, 1.82) is 0 Å². The van der Waals surface area contributed by atoms with E-state index in [1.165, 1.54) is 77.1 Å². The molecule has 33 heavy (non-hydrogen) atoms. The van der Waals surface area contributed by atoms with Gasteiger partial charge in [0.05, 0.1) is 0 Å². The van der Waals surface area contributed by atoms with Crippen molar-refractivity contribution in [2.45, 2.75) is 154 Å². The number of fused-ring (bicyclic) bond motifs is 10. The van der Waals surface area contributed by atoms with Crippen molar-refractivity contribution in [3.8, 4) is 0 Å². The van der Waals surface area contributed by atoms with Crippen LogP contribution in [0, 0.1) is 0 Å². The predicted molar refractivity (Wildman–Crippen MR) is 134 cm³/mol. The van der Waals surface area contributed by atoms with E-state index in [1.807, 2.05) is 0 Å². The molecule has 0 radical (unpaired) electrons. The summed E-state index contributed by atoms with van der Waals surface area (Å²) in [5.41, 5.74) is 2.46. The maximum atomic E-state index is 15.4. The summed E-state index contributed by atoms with van der Waals surface area (Å²) < 4.78 is 30.5. The van der Waals surface area contributed by atoms with E-state index in [-0.39, 0.29) is 20.0 Å². The summed E-state index contributed by atoms with van der Waals surface area (Å²) in [5.74, 6) is 0. The van der Waals surface area contributed by atoms with Crippen LogP contribution < -0.4 is 0 Å². The molecule has 10 saturated heterocycles. The van der Waals surface area contributed by atoms with Crippen LogP contribution in [0.3, 0.4) is 0 Å². The van der Waals surface area contributed by atoms with Gasteiger partial charge < -0.3 is 0 Å². The first-order valence-electron chi connectivity index (χ1n) is 14.9. The number of hydrogen-bond donors (Lipinski definition) is 0. The average molecular weight is 534 g/mol. The van der Waals surface area contributed by atoms with Gasteiger partial charge in [0.25, 0.3) is 0 Å². The van der Waals surface area contributed by atoms with Crippen LogP contribution in [0.15, 0.2) is 0 Å². The summed E-state index contributed by atoms with van der Waals surface area (Å²) in [6, 6.07) is 0. The van der Waals surface area contributed by atoms with Crippen molar-refractivity contribution in [3.05, 3.63) is 0 Å². The van der Waals surface area contributed by atoms with Gasteiger partial charge in [0.1, 0.15) is 0 Å². The molecule has 186 valence electrons. The van der Waals surface area contributed by atoms with Gasteiger partial charge in [-0.3, -0.25) is 0 Å². The Hall–Kier alpha value is 1.24. The molecule has 2 aliphatic carbocycles. The second-order valence-electron chi connectivity index (χ2n) is 16.9. The topological polar surface area (TPSA) is 0 Å². The van der Waals surface area contributed by atoms with E-state index >= 15 is 4.39 Å². The molecular formula is C28H42F2FeP2. The van der Waals surface area contributed by atoms with Gasteiger partial charge in [0.2, 0.25) is 0 Å². The van der Waals surface area contributed by atoms with Gasteiger partial charge in [-0.1, -0.05) is 0 Å². The third-order valence-electron chi connectivity index (χ3n) is 20.8. The predicted octanol–water partition coefficient (Wildman–Crippen LogP) is 9.49. The van der Waals surface area contributed by atoms with Crippen LogP contribution in [-0.2, 0) is 6.51 Å². The Labute approximate surface area is 191 Å². The zero-order chi connectivity index (χ0) is 21.7. The van der Waals surface area contributed by atoms with Gasteiger partial charge in [-0.25, -0.2) is 0 Å². The van der Waals surface area contributed by atoms with Gasteiger partial charge in [-0.2, -0.15) is 0 Å².